The molecule has 3 N–H and O–H groups in total. The lowest BCUT2D eigenvalue weighted by Gasteiger charge is -2.11. The molecule has 0 saturated carbocycles. The highest BCUT2D eigenvalue weighted by atomic mass is 16.4. The van der Waals surface area contributed by atoms with Crippen LogP contribution in [0.3, 0.4) is 0 Å². The number of nitrogens with one attached hydrogen (secondary N) is 1. The van der Waals surface area contributed by atoms with E-state index in [4.69, 9.17) is 10.2 Å². The predicted molar refractivity (Wildman–Crippen MR) is 61.8 cm³/mol. The number of carboxylic acids is 1. The first kappa shape index (κ1) is 13.2. The lowest BCUT2D eigenvalue weighted by Crippen LogP contribution is -2.36. The van der Waals surface area contributed by atoms with Crippen LogP contribution in [-0.4, -0.2) is 34.7 Å². The summed E-state index contributed by atoms with van der Waals surface area (Å²) in [5.41, 5.74) is 0.585. The van der Waals surface area contributed by atoms with E-state index in [0.29, 0.717) is 5.56 Å². The van der Waals surface area contributed by atoms with Crippen molar-refractivity contribution in [3.05, 3.63) is 35.4 Å². The third kappa shape index (κ3) is 3.88. The van der Waals surface area contributed by atoms with Crippen LogP contribution in [0.1, 0.15) is 22.8 Å². The Morgan fingerprint density at radius 2 is 2.00 bits per heavy atom. The molecule has 5 nitrogen and oxygen atoms in total. The van der Waals surface area contributed by atoms with Crippen molar-refractivity contribution in [1.29, 1.82) is 0 Å². The second-order valence-corrected chi connectivity index (χ2v) is 3.79. The number of carbonyl (C=O) groups excluding carboxylic acids is 1. The minimum absolute atomic E-state index is 0.00713. The van der Waals surface area contributed by atoms with Crippen LogP contribution in [0, 0.1) is 0 Å². The average molecular weight is 237 g/mol. The summed E-state index contributed by atoms with van der Waals surface area (Å²) in [6.07, 6.45) is -0.00713. The van der Waals surface area contributed by atoms with Gasteiger partial charge in [0.05, 0.1) is 18.6 Å². The maximum absolute atomic E-state index is 11.5. The first-order valence-electron chi connectivity index (χ1n) is 5.26. The molecule has 0 aromatic heterocycles. The number of rotatable bonds is 5. The fraction of sp³-hybridized carbons (Fsp3) is 0.333. The van der Waals surface area contributed by atoms with Crippen LogP contribution in [0.4, 0.5) is 0 Å². The summed E-state index contributed by atoms with van der Waals surface area (Å²) < 4.78 is 0. The third-order valence-corrected chi connectivity index (χ3v) is 2.28. The van der Waals surface area contributed by atoms with Crippen molar-refractivity contribution in [2.75, 3.05) is 6.61 Å². The van der Waals surface area contributed by atoms with Gasteiger partial charge in [0.25, 0.3) is 0 Å². The molecule has 0 aliphatic carbocycles. The summed E-state index contributed by atoms with van der Waals surface area (Å²) in [6, 6.07) is 6.03. The lowest BCUT2D eigenvalue weighted by molar-refractivity contribution is -0.121. The molecule has 1 unspecified atom stereocenters. The summed E-state index contributed by atoms with van der Waals surface area (Å²) in [7, 11) is 0. The van der Waals surface area contributed by atoms with Crippen LogP contribution in [0.2, 0.25) is 0 Å². The Labute approximate surface area is 99.1 Å². The molecule has 0 saturated heterocycles. The highest BCUT2D eigenvalue weighted by molar-refractivity contribution is 5.91. The Morgan fingerprint density at radius 1 is 1.35 bits per heavy atom. The topological polar surface area (TPSA) is 86.6 Å². The molecule has 17 heavy (non-hydrogen) atoms. The fourth-order valence-corrected chi connectivity index (χ4v) is 1.43. The van der Waals surface area contributed by atoms with E-state index in [1.54, 1.807) is 25.1 Å². The minimum atomic E-state index is -1.05. The predicted octanol–water partition coefficient (Wildman–Crippen LogP) is 0.424. The van der Waals surface area contributed by atoms with Gasteiger partial charge in [0.15, 0.2) is 0 Å². The Balaban J connectivity index is 2.74. The summed E-state index contributed by atoms with van der Waals surface area (Å²) in [6.45, 7) is 1.52. The molecule has 1 aromatic rings. The Kier molecular flexibility index (Phi) is 4.66. The van der Waals surface area contributed by atoms with E-state index < -0.39 is 5.97 Å². The first-order chi connectivity index (χ1) is 8.04. The molecule has 92 valence electrons. The highest BCUT2D eigenvalue weighted by Crippen LogP contribution is 2.09. The van der Waals surface area contributed by atoms with Crippen LogP contribution < -0.4 is 5.32 Å². The van der Waals surface area contributed by atoms with E-state index in [9.17, 15) is 9.59 Å². The maximum Gasteiger partial charge on any atom is 0.335 e. The Morgan fingerprint density at radius 3 is 2.59 bits per heavy atom. The van der Waals surface area contributed by atoms with Crippen molar-refractivity contribution in [2.45, 2.75) is 19.4 Å². The number of hydrogen-bond acceptors (Lipinski definition) is 3. The van der Waals surface area contributed by atoms with E-state index in [-0.39, 0.29) is 30.5 Å². The van der Waals surface area contributed by atoms with Gasteiger partial charge >= 0.3 is 5.97 Å². The number of aromatic carboxylic acids is 1. The van der Waals surface area contributed by atoms with Crippen molar-refractivity contribution in [3.63, 3.8) is 0 Å². The molecule has 1 atom stereocenters. The van der Waals surface area contributed by atoms with Gasteiger partial charge in [-0.25, -0.2) is 4.79 Å². The molecule has 5 heteroatoms. The van der Waals surface area contributed by atoms with E-state index in [0.717, 1.165) is 0 Å². The van der Waals surface area contributed by atoms with Gasteiger partial charge in [-0.1, -0.05) is 18.2 Å². The molecule has 0 heterocycles. The molecule has 0 spiro atoms. The Bertz CT molecular complexity index is 417. The summed E-state index contributed by atoms with van der Waals surface area (Å²) in [5.74, 6) is -1.36. The number of hydrogen-bond donors (Lipinski definition) is 3. The van der Waals surface area contributed by atoms with E-state index in [2.05, 4.69) is 5.32 Å². The van der Waals surface area contributed by atoms with Crippen LogP contribution in [0.15, 0.2) is 24.3 Å². The van der Waals surface area contributed by atoms with Gasteiger partial charge in [-0.15, -0.1) is 0 Å². The number of carbonyl (C=O) groups is 2. The number of carboxylic acid groups (broad SMARTS) is 1. The monoisotopic (exact) mass is 237 g/mol. The molecule has 0 fully saturated rings. The van der Waals surface area contributed by atoms with Crippen LogP contribution in [-0.2, 0) is 11.2 Å². The molecule has 0 radical (unpaired) electrons. The maximum atomic E-state index is 11.5. The van der Waals surface area contributed by atoms with Crippen molar-refractivity contribution in [2.24, 2.45) is 0 Å². The van der Waals surface area contributed by atoms with E-state index in [1.165, 1.54) is 6.07 Å². The van der Waals surface area contributed by atoms with Gasteiger partial charge in [-0.2, -0.15) is 0 Å². The van der Waals surface area contributed by atoms with Gasteiger partial charge in [-0.3, -0.25) is 4.79 Å². The van der Waals surface area contributed by atoms with Crippen LogP contribution in [0.25, 0.3) is 0 Å². The summed E-state index contributed by atoms with van der Waals surface area (Å²) >= 11 is 0. The molecule has 1 rings (SSSR count). The minimum Gasteiger partial charge on any atom is -0.478 e. The average Bonchev–Trinajstić information content (AvgIpc) is 2.29. The largest absolute Gasteiger partial charge is 0.478 e. The quantitative estimate of drug-likeness (QED) is 0.693. The van der Waals surface area contributed by atoms with Gasteiger partial charge in [0.1, 0.15) is 0 Å². The van der Waals surface area contributed by atoms with Crippen LogP contribution in [0.5, 0.6) is 0 Å². The molecular formula is C12H15NO4. The first-order valence-corrected chi connectivity index (χ1v) is 5.26. The van der Waals surface area contributed by atoms with E-state index >= 15 is 0 Å². The van der Waals surface area contributed by atoms with Crippen molar-refractivity contribution < 1.29 is 19.8 Å². The molecule has 0 aliphatic rings. The number of aliphatic hydroxyl groups excluding tert-OH is 1. The lowest BCUT2D eigenvalue weighted by atomic mass is 10.0. The normalized spacial score (nSPS) is 11.9. The summed E-state index contributed by atoms with van der Waals surface area (Å²) in [5, 5.41) is 20.3. The number of aliphatic hydroxyl groups is 1. The van der Waals surface area contributed by atoms with Gasteiger partial charge < -0.3 is 15.5 Å². The molecule has 1 aromatic carbocycles. The molecule has 1 amide bonds. The Hall–Kier alpha value is -1.88. The summed E-state index contributed by atoms with van der Waals surface area (Å²) in [4.78, 5) is 22.5. The second-order valence-electron chi connectivity index (χ2n) is 3.79. The second kappa shape index (κ2) is 6.00. The van der Waals surface area contributed by atoms with Crippen LogP contribution >= 0.6 is 0 Å². The number of benzene rings is 1. The number of amides is 1. The SMILES string of the molecule is CC(CO)NC(=O)Cc1ccccc1C(=O)O. The zero-order chi connectivity index (χ0) is 12.8. The van der Waals surface area contributed by atoms with E-state index in [1.807, 2.05) is 0 Å². The molecule has 0 bridgehead atoms. The molecular weight excluding hydrogens is 222 g/mol. The highest BCUT2D eigenvalue weighted by Gasteiger charge is 2.13. The zero-order valence-corrected chi connectivity index (χ0v) is 9.51. The van der Waals surface area contributed by atoms with Gasteiger partial charge in [0, 0.05) is 6.04 Å². The standard InChI is InChI=1S/C12H15NO4/c1-8(7-14)13-11(15)6-9-4-2-3-5-10(9)12(16)17/h2-5,8,14H,6-7H2,1H3,(H,13,15)(H,16,17). The van der Waals surface area contributed by atoms with Crippen molar-refractivity contribution in [1.82, 2.24) is 5.32 Å². The van der Waals surface area contributed by atoms with Crippen molar-refractivity contribution >= 4 is 11.9 Å². The fourth-order valence-electron chi connectivity index (χ4n) is 1.43. The smallest absolute Gasteiger partial charge is 0.335 e. The van der Waals surface area contributed by atoms with Crippen molar-refractivity contribution in [3.8, 4) is 0 Å². The zero-order valence-electron chi connectivity index (χ0n) is 9.51. The molecule has 0 aliphatic heterocycles. The van der Waals surface area contributed by atoms with Gasteiger partial charge in [-0.05, 0) is 18.6 Å². The third-order valence-electron chi connectivity index (χ3n) is 2.28. The van der Waals surface area contributed by atoms with Gasteiger partial charge in [0.2, 0.25) is 5.91 Å².